The number of aryl methyl sites for hydroxylation is 1. The number of hydrogen-bond donors (Lipinski definition) is 1. The Labute approximate surface area is 93.8 Å². The van der Waals surface area contributed by atoms with E-state index < -0.39 is 10.0 Å². The third-order valence-corrected chi connectivity index (χ3v) is 3.41. The van der Waals surface area contributed by atoms with E-state index in [1.165, 1.54) is 10.9 Å². The first kappa shape index (κ1) is 10.7. The summed E-state index contributed by atoms with van der Waals surface area (Å²) in [5.41, 5.74) is 0.450. The van der Waals surface area contributed by atoms with Crippen molar-refractivity contribution in [2.75, 3.05) is 4.72 Å². The first-order valence-corrected chi connectivity index (χ1v) is 6.13. The van der Waals surface area contributed by atoms with E-state index in [1.54, 1.807) is 43.6 Å². The van der Waals surface area contributed by atoms with Gasteiger partial charge in [0.05, 0.1) is 16.8 Å². The summed E-state index contributed by atoms with van der Waals surface area (Å²) in [4.78, 5) is 0.235. The fourth-order valence-corrected chi connectivity index (χ4v) is 2.34. The summed E-state index contributed by atoms with van der Waals surface area (Å²) in [5, 5.41) is 3.88. The van der Waals surface area contributed by atoms with Crippen LogP contribution in [0.5, 0.6) is 0 Å². The number of nitrogens with one attached hydrogen (secondary N) is 1. The number of aromatic nitrogens is 2. The van der Waals surface area contributed by atoms with E-state index in [0.717, 1.165) is 0 Å². The van der Waals surface area contributed by atoms with Crippen molar-refractivity contribution in [1.29, 1.82) is 0 Å². The van der Waals surface area contributed by atoms with E-state index in [2.05, 4.69) is 9.82 Å². The number of benzene rings is 1. The first-order chi connectivity index (χ1) is 7.58. The van der Waals surface area contributed by atoms with Gasteiger partial charge in [-0.3, -0.25) is 9.40 Å². The second-order valence-corrected chi connectivity index (χ2v) is 5.00. The van der Waals surface area contributed by atoms with E-state index in [-0.39, 0.29) is 4.90 Å². The molecule has 5 nitrogen and oxygen atoms in total. The average molecular weight is 237 g/mol. The summed E-state index contributed by atoms with van der Waals surface area (Å²) < 4.78 is 27.7. The van der Waals surface area contributed by atoms with Crippen molar-refractivity contribution in [2.24, 2.45) is 7.05 Å². The summed E-state index contributed by atoms with van der Waals surface area (Å²) >= 11 is 0. The standard InChI is InChI=1S/C10H11N3O2S/c1-13-8-9(7-11-13)12-16(14,15)10-5-3-2-4-6-10/h2-8,12H,1H3. The van der Waals surface area contributed by atoms with Crippen LogP contribution in [0.1, 0.15) is 0 Å². The van der Waals surface area contributed by atoms with Gasteiger partial charge in [-0.25, -0.2) is 8.42 Å². The summed E-state index contributed by atoms with van der Waals surface area (Å²) in [6.07, 6.45) is 3.06. The van der Waals surface area contributed by atoms with Gasteiger partial charge >= 0.3 is 0 Å². The minimum Gasteiger partial charge on any atom is -0.276 e. The van der Waals surface area contributed by atoms with Gasteiger partial charge in [0.15, 0.2) is 0 Å². The molecule has 2 rings (SSSR count). The lowest BCUT2D eigenvalue weighted by molar-refractivity contribution is 0.601. The second kappa shape index (κ2) is 3.97. The van der Waals surface area contributed by atoms with Crippen LogP contribution >= 0.6 is 0 Å². The first-order valence-electron chi connectivity index (χ1n) is 4.64. The number of sulfonamides is 1. The van der Waals surface area contributed by atoms with Gasteiger partial charge in [-0.2, -0.15) is 5.10 Å². The minimum absolute atomic E-state index is 0.235. The third kappa shape index (κ3) is 2.22. The maximum Gasteiger partial charge on any atom is 0.261 e. The van der Waals surface area contributed by atoms with E-state index in [4.69, 9.17) is 0 Å². The maximum atomic E-state index is 11.9. The number of nitrogens with zero attached hydrogens (tertiary/aromatic N) is 2. The lowest BCUT2D eigenvalue weighted by Crippen LogP contribution is -2.12. The van der Waals surface area contributed by atoms with Crippen molar-refractivity contribution in [2.45, 2.75) is 4.90 Å². The Morgan fingerprint density at radius 2 is 1.94 bits per heavy atom. The average Bonchev–Trinajstić information content (AvgIpc) is 2.64. The summed E-state index contributed by atoms with van der Waals surface area (Å²) in [6, 6.07) is 8.20. The van der Waals surface area contributed by atoms with Crippen LogP contribution in [-0.4, -0.2) is 18.2 Å². The van der Waals surface area contributed by atoms with E-state index >= 15 is 0 Å². The molecule has 16 heavy (non-hydrogen) atoms. The van der Waals surface area contributed by atoms with Gasteiger partial charge in [0, 0.05) is 13.2 Å². The maximum absolute atomic E-state index is 11.9. The molecule has 1 N–H and O–H groups in total. The molecule has 0 bridgehead atoms. The van der Waals surface area contributed by atoms with Gasteiger partial charge in [-0.1, -0.05) is 18.2 Å². The fraction of sp³-hybridized carbons (Fsp3) is 0.100. The van der Waals surface area contributed by atoms with Gasteiger partial charge in [0.25, 0.3) is 10.0 Å². The highest BCUT2D eigenvalue weighted by Crippen LogP contribution is 2.14. The van der Waals surface area contributed by atoms with Crippen molar-refractivity contribution in [1.82, 2.24) is 9.78 Å². The van der Waals surface area contributed by atoms with Gasteiger partial charge in [0.2, 0.25) is 0 Å². The van der Waals surface area contributed by atoms with Crippen LogP contribution in [0.25, 0.3) is 0 Å². The molecule has 0 aliphatic carbocycles. The van der Waals surface area contributed by atoms with Crippen molar-refractivity contribution in [3.05, 3.63) is 42.7 Å². The zero-order valence-corrected chi connectivity index (χ0v) is 9.48. The Hall–Kier alpha value is -1.82. The Morgan fingerprint density at radius 1 is 1.25 bits per heavy atom. The molecule has 2 aromatic rings. The SMILES string of the molecule is Cn1cc(NS(=O)(=O)c2ccccc2)cn1. The summed E-state index contributed by atoms with van der Waals surface area (Å²) in [7, 11) is -1.78. The highest BCUT2D eigenvalue weighted by Gasteiger charge is 2.13. The summed E-state index contributed by atoms with van der Waals surface area (Å²) in [5.74, 6) is 0. The molecule has 0 spiro atoms. The van der Waals surface area contributed by atoms with E-state index in [9.17, 15) is 8.42 Å². The molecule has 0 amide bonds. The zero-order valence-electron chi connectivity index (χ0n) is 8.66. The zero-order chi connectivity index (χ0) is 11.6. The molecule has 0 fully saturated rings. The molecule has 1 heterocycles. The third-order valence-electron chi connectivity index (χ3n) is 2.01. The topological polar surface area (TPSA) is 64.0 Å². The Balaban J connectivity index is 2.28. The molecular weight excluding hydrogens is 226 g/mol. The molecule has 0 unspecified atom stereocenters. The predicted molar refractivity (Wildman–Crippen MR) is 60.5 cm³/mol. The van der Waals surface area contributed by atoms with Crippen molar-refractivity contribution >= 4 is 15.7 Å². The van der Waals surface area contributed by atoms with Crippen molar-refractivity contribution in [3.8, 4) is 0 Å². The molecule has 0 radical (unpaired) electrons. The number of anilines is 1. The Kier molecular flexibility index (Phi) is 2.66. The highest BCUT2D eigenvalue weighted by molar-refractivity contribution is 7.92. The molecule has 1 aromatic carbocycles. The van der Waals surface area contributed by atoms with Gasteiger partial charge in [-0.05, 0) is 12.1 Å². The number of hydrogen-bond acceptors (Lipinski definition) is 3. The molecular formula is C10H11N3O2S. The van der Waals surface area contributed by atoms with Crippen LogP contribution in [0.2, 0.25) is 0 Å². The second-order valence-electron chi connectivity index (χ2n) is 3.32. The summed E-state index contributed by atoms with van der Waals surface area (Å²) in [6.45, 7) is 0. The van der Waals surface area contributed by atoms with Gasteiger partial charge in [-0.15, -0.1) is 0 Å². The number of rotatable bonds is 3. The molecule has 1 aromatic heterocycles. The van der Waals surface area contributed by atoms with Crippen LogP contribution in [-0.2, 0) is 17.1 Å². The van der Waals surface area contributed by atoms with Crippen LogP contribution in [0.15, 0.2) is 47.6 Å². The van der Waals surface area contributed by atoms with Crippen LogP contribution in [0, 0.1) is 0 Å². The van der Waals surface area contributed by atoms with Crippen molar-refractivity contribution < 1.29 is 8.42 Å². The van der Waals surface area contributed by atoms with Crippen molar-refractivity contribution in [3.63, 3.8) is 0 Å². The van der Waals surface area contributed by atoms with Crippen LogP contribution in [0.4, 0.5) is 5.69 Å². The fourth-order valence-electron chi connectivity index (χ4n) is 1.29. The smallest absolute Gasteiger partial charge is 0.261 e. The van der Waals surface area contributed by atoms with Gasteiger partial charge < -0.3 is 0 Å². The van der Waals surface area contributed by atoms with E-state index in [1.807, 2.05) is 0 Å². The minimum atomic E-state index is -3.50. The molecule has 84 valence electrons. The van der Waals surface area contributed by atoms with Crippen LogP contribution in [0.3, 0.4) is 0 Å². The monoisotopic (exact) mass is 237 g/mol. The largest absolute Gasteiger partial charge is 0.276 e. The Morgan fingerprint density at radius 3 is 2.50 bits per heavy atom. The highest BCUT2D eigenvalue weighted by atomic mass is 32.2. The molecule has 0 atom stereocenters. The van der Waals surface area contributed by atoms with E-state index in [0.29, 0.717) is 5.69 Å². The molecule has 0 saturated heterocycles. The molecule has 0 saturated carbocycles. The van der Waals surface area contributed by atoms with Crippen LogP contribution < -0.4 is 4.72 Å². The predicted octanol–water partition coefficient (Wildman–Crippen LogP) is 1.22. The normalized spacial score (nSPS) is 11.3. The lowest BCUT2D eigenvalue weighted by Gasteiger charge is -2.04. The Bertz CT molecular complexity index is 575. The molecule has 0 aliphatic heterocycles. The lowest BCUT2D eigenvalue weighted by atomic mass is 10.4. The quantitative estimate of drug-likeness (QED) is 0.873. The molecule has 0 aliphatic rings. The molecule has 6 heteroatoms. The van der Waals surface area contributed by atoms with Gasteiger partial charge in [0.1, 0.15) is 0 Å².